The van der Waals surface area contributed by atoms with Crippen LogP contribution in [-0.2, 0) is 11.2 Å². The van der Waals surface area contributed by atoms with Gasteiger partial charge in [0.15, 0.2) is 5.82 Å². The highest BCUT2D eigenvalue weighted by Crippen LogP contribution is 2.19. The van der Waals surface area contributed by atoms with Gasteiger partial charge in [-0.2, -0.15) is 5.10 Å². The molecule has 0 saturated heterocycles. The van der Waals surface area contributed by atoms with Crippen LogP contribution in [0.1, 0.15) is 29.8 Å². The topological polar surface area (TPSA) is 75.6 Å². The molecule has 3 aromatic heterocycles. The fourth-order valence-electron chi connectivity index (χ4n) is 3.45. The zero-order valence-corrected chi connectivity index (χ0v) is 16.1. The Bertz CT molecular complexity index is 1110. The van der Waals surface area contributed by atoms with Crippen LogP contribution in [0, 0.1) is 13.8 Å². The summed E-state index contributed by atoms with van der Waals surface area (Å²) < 4.78 is 1.79. The number of fused-ring (bicyclic) bond motifs is 1. The molecule has 0 spiro atoms. The molecule has 28 heavy (non-hydrogen) atoms. The number of carbonyl (C=O) groups excluding carboxylic acids is 1. The molecule has 1 amide bonds. The number of para-hydroxylation sites is 1. The molecule has 1 aromatic carbocycles. The number of amides is 1. The van der Waals surface area contributed by atoms with E-state index in [1.165, 1.54) is 10.9 Å². The molecule has 0 atom stereocenters. The van der Waals surface area contributed by atoms with Crippen molar-refractivity contribution >= 4 is 22.5 Å². The summed E-state index contributed by atoms with van der Waals surface area (Å²) in [5, 5.41) is 8.57. The summed E-state index contributed by atoms with van der Waals surface area (Å²) in [5.41, 5.74) is 5.06. The zero-order valence-electron chi connectivity index (χ0n) is 16.1. The van der Waals surface area contributed by atoms with Gasteiger partial charge in [-0.05, 0) is 56.5 Å². The lowest BCUT2D eigenvalue weighted by molar-refractivity contribution is -0.116. The van der Waals surface area contributed by atoms with Gasteiger partial charge in [0.1, 0.15) is 0 Å². The number of aromatic nitrogens is 4. The Kier molecular flexibility index (Phi) is 4.93. The third-order valence-corrected chi connectivity index (χ3v) is 4.78. The number of nitrogens with one attached hydrogen (secondary N) is 2. The second-order valence-corrected chi connectivity index (χ2v) is 7.01. The first kappa shape index (κ1) is 18.0. The predicted molar refractivity (Wildman–Crippen MR) is 111 cm³/mol. The average Bonchev–Trinajstić information content (AvgIpc) is 3.25. The van der Waals surface area contributed by atoms with Gasteiger partial charge >= 0.3 is 0 Å². The third-order valence-electron chi connectivity index (χ3n) is 4.78. The van der Waals surface area contributed by atoms with Crippen molar-refractivity contribution in [1.29, 1.82) is 0 Å². The molecule has 0 fully saturated rings. The van der Waals surface area contributed by atoms with Gasteiger partial charge in [-0.3, -0.25) is 4.79 Å². The van der Waals surface area contributed by atoms with E-state index >= 15 is 0 Å². The van der Waals surface area contributed by atoms with Crippen molar-refractivity contribution in [3.8, 4) is 5.82 Å². The minimum atomic E-state index is 0.000468. The van der Waals surface area contributed by atoms with Gasteiger partial charge < -0.3 is 10.3 Å². The number of aromatic amines is 1. The molecule has 4 aromatic rings. The number of benzene rings is 1. The molecule has 6 heteroatoms. The normalized spacial score (nSPS) is 11.1. The molecular formula is C22H23N5O. The number of rotatable bonds is 6. The Morgan fingerprint density at radius 2 is 2.04 bits per heavy atom. The minimum Gasteiger partial charge on any atom is -0.361 e. The number of hydrogen-bond donors (Lipinski definition) is 2. The lowest BCUT2D eigenvalue weighted by Gasteiger charge is -2.07. The molecule has 0 aliphatic heterocycles. The van der Waals surface area contributed by atoms with Gasteiger partial charge in [-0.15, -0.1) is 0 Å². The van der Waals surface area contributed by atoms with E-state index in [1.54, 1.807) is 10.9 Å². The van der Waals surface area contributed by atoms with Crippen molar-refractivity contribution in [2.45, 2.75) is 33.1 Å². The van der Waals surface area contributed by atoms with Crippen molar-refractivity contribution in [3.63, 3.8) is 0 Å². The molecule has 0 aliphatic rings. The van der Waals surface area contributed by atoms with E-state index in [2.05, 4.69) is 32.5 Å². The Morgan fingerprint density at radius 3 is 2.79 bits per heavy atom. The van der Waals surface area contributed by atoms with Crippen molar-refractivity contribution in [3.05, 3.63) is 71.8 Å². The Labute approximate surface area is 163 Å². The minimum absolute atomic E-state index is 0.000468. The van der Waals surface area contributed by atoms with Crippen LogP contribution < -0.4 is 5.32 Å². The van der Waals surface area contributed by atoms with E-state index in [1.807, 2.05) is 50.4 Å². The van der Waals surface area contributed by atoms with Gasteiger partial charge in [0.05, 0.1) is 17.6 Å². The van der Waals surface area contributed by atoms with Crippen LogP contribution in [0.3, 0.4) is 0 Å². The highest BCUT2D eigenvalue weighted by atomic mass is 16.1. The van der Waals surface area contributed by atoms with Crippen molar-refractivity contribution in [1.82, 2.24) is 19.7 Å². The summed E-state index contributed by atoms with van der Waals surface area (Å²) in [5.74, 6) is 0.739. The highest BCUT2D eigenvalue weighted by molar-refractivity contribution is 5.90. The first-order valence-corrected chi connectivity index (χ1v) is 9.45. The molecule has 4 rings (SSSR count). The zero-order chi connectivity index (χ0) is 19.5. The van der Waals surface area contributed by atoms with E-state index in [9.17, 15) is 4.79 Å². The molecule has 3 heterocycles. The monoisotopic (exact) mass is 373 g/mol. The van der Waals surface area contributed by atoms with Crippen LogP contribution in [0.15, 0.2) is 54.9 Å². The number of pyridine rings is 1. The quantitative estimate of drug-likeness (QED) is 0.528. The first-order valence-electron chi connectivity index (χ1n) is 9.45. The van der Waals surface area contributed by atoms with Gasteiger partial charge in [0.25, 0.3) is 0 Å². The second kappa shape index (κ2) is 7.68. The van der Waals surface area contributed by atoms with Crippen LogP contribution in [-0.4, -0.2) is 25.7 Å². The van der Waals surface area contributed by atoms with Gasteiger partial charge in [0.2, 0.25) is 5.91 Å². The van der Waals surface area contributed by atoms with Crippen LogP contribution in [0.2, 0.25) is 0 Å². The number of H-pyrrole nitrogens is 1. The molecule has 0 aliphatic carbocycles. The molecule has 142 valence electrons. The van der Waals surface area contributed by atoms with Gasteiger partial charge in [-0.1, -0.05) is 18.2 Å². The van der Waals surface area contributed by atoms with Gasteiger partial charge in [0, 0.05) is 29.2 Å². The van der Waals surface area contributed by atoms with Crippen molar-refractivity contribution in [2.75, 3.05) is 5.32 Å². The maximum absolute atomic E-state index is 12.3. The van der Waals surface area contributed by atoms with Crippen molar-refractivity contribution in [2.24, 2.45) is 0 Å². The van der Waals surface area contributed by atoms with E-state index in [0.717, 1.165) is 35.6 Å². The van der Waals surface area contributed by atoms with E-state index in [0.29, 0.717) is 12.1 Å². The molecule has 0 unspecified atom stereocenters. The summed E-state index contributed by atoms with van der Waals surface area (Å²) in [6, 6.07) is 14.0. The lowest BCUT2D eigenvalue weighted by atomic mass is 10.1. The number of hydrogen-bond acceptors (Lipinski definition) is 3. The van der Waals surface area contributed by atoms with E-state index in [4.69, 9.17) is 0 Å². The summed E-state index contributed by atoms with van der Waals surface area (Å²) in [6.07, 6.45) is 5.84. The number of nitrogens with zero attached hydrogens (tertiary/aromatic N) is 3. The smallest absolute Gasteiger partial charge is 0.224 e. The molecule has 0 radical (unpaired) electrons. The average molecular weight is 373 g/mol. The van der Waals surface area contributed by atoms with Gasteiger partial charge in [-0.25, -0.2) is 9.67 Å². The van der Waals surface area contributed by atoms with Crippen LogP contribution >= 0.6 is 0 Å². The molecule has 6 nitrogen and oxygen atoms in total. The first-order chi connectivity index (χ1) is 13.6. The molecule has 0 saturated carbocycles. The number of carbonyl (C=O) groups is 1. The summed E-state index contributed by atoms with van der Waals surface area (Å²) in [6.45, 7) is 3.94. The summed E-state index contributed by atoms with van der Waals surface area (Å²) in [7, 11) is 0. The van der Waals surface area contributed by atoms with Crippen LogP contribution in [0.25, 0.3) is 16.7 Å². The third kappa shape index (κ3) is 3.81. The fraction of sp³-hybridized carbons (Fsp3) is 0.227. The van der Waals surface area contributed by atoms with E-state index < -0.39 is 0 Å². The maximum Gasteiger partial charge on any atom is 0.224 e. The predicted octanol–water partition coefficient (Wildman–Crippen LogP) is 4.33. The van der Waals surface area contributed by atoms with E-state index in [-0.39, 0.29) is 5.91 Å². The fourth-order valence-corrected chi connectivity index (χ4v) is 3.45. The standard InChI is InChI=1S/C22H23N5O/c1-15-12-16(2)27(26-15)21-11-10-18(14-24-21)25-22(28)9-5-6-17-13-23-20-8-4-3-7-19(17)20/h3-4,7-8,10-14,23H,5-6,9H2,1-2H3,(H,25,28). The maximum atomic E-state index is 12.3. The largest absolute Gasteiger partial charge is 0.361 e. The Balaban J connectivity index is 1.32. The highest BCUT2D eigenvalue weighted by Gasteiger charge is 2.08. The lowest BCUT2D eigenvalue weighted by Crippen LogP contribution is -2.12. The number of anilines is 1. The van der Waals surface area contributed by atoms with Crippen molar-refractivity contribution < 1.29 is 4.79 Å². The molecule has 2 N–H and O–H groups in total. The number of aryl methyl sites for hydroxylation is 3. The Hall–Kier alpha value is -3.41. The van der Waals surface area contributed by atoms with Crippen LogP contribution in [0.5, 0.6) is 0 Å². The summed E-state index contributed by atoms with van der Waals surface area (Å²) in [4.78, 5) is 19.9. The Morgan fingerprint density at radius 1 is 1.18 bits per heavy atom. The van der Waals surface area contributed by atoms with Crippen LogP contribution in [0.4, 0.5) is 5.69 Å². The summed E-state index contributed by atoms with van der Waals surface area (Å²) >= 11 is 0. The second-order valence-electron chi connectivity index (χ2n) is 7.01. The molecular weight excluding hydrogens is 350 g/mol. The SMILES string of the molecule is Cc1cc(C)n(-c2ccc(NC(=O)CCCc3c[nH]c4ccccc34)cn2)n1. The molecule has 0 bridgehead atoms.